The van der Waals surface area contributed by atoms with Crippen molar-refractivity contribution in [2.75, 3.05) is 4.90 Å². The molecule has 21 heavy (non-hydrogen) atoms. The minimum Gasteiger partial charge on any atom is -0.334 e. The third-order valence-corrected chi connectivity index (χ3v) is 6.32. The van der Waals surface area contributed by atoms with Crippen molar-refractivity contribution >= 4 is 27.3 Å². The van der Waals surface area contributed by atoms with Crippen LogP contribution in [0.25, 0.3) is 0 Å². The molecule has 0 N–H and O–H groups in total. The third-order valence-electron chi connectivity index (χ3n) is 5.83. The number of rotatable bonds is 1. The fourth-order valence-electron chi connectivity index (χ4n) is 4.53. The molecular formula is C19H20BrN. The van der Waals surface area contributed by atoms with E-state index in [2.05, 4.69) is 83.2 Å². The Kier molecular flexibility index (Phi) is 2.78. The Morgan fingerprint density at radius 3 is 2.52 bits per heavy atom. The van der Waals surface area contributed by atoms with E-state index in [9.17, 15) is 0 Å². The van der Waals surface area contributed by atoms with E-state index < -0.39 is 0 Å². The van der Waals surface area contributed by atoms with Crippen LogP contribution in [0.1, 0.15) is 38.7 Å². The molecule has 2 aliphatic rings. The normalized spacial score (nSPS) is 30.3. The van der Waals surface area contributed by atoms with E-state index in [1.165, 1.54) is 40.7 Å². The molecule has 0 radical (unpaired) electrons. The maximum absolute atomic E-state index is 3.66. The second kappa shape index (κ2) is 4.36. The average Bonchev–Trinajstić information content (AvgIpc) is 2.87. The maximum Gasteiger partial charge on any atom is 0.0517 e. The van der Waals surface area contributed by atoms with Crippen LogP contribution in [0.3, 0.4) is 0 Å². The van der Waals surface area contributed by atoms with Crippen LogP contribution in [-0.2, 0) is 5.41 Å². The molecule has 1 saturated carbocycles. The van der Waals surface area contributed by atoms with Gasteiger partial charge in [-0.3, -0.25) is 0 Å². The fraction of sp³-hybridized carbons (Fsp3) is 0.368. The van der Waals surface area contributed by atoms with Gasteiger partial charge in [0.25, 0.3) is 0 Å². The molecule has 1 aliphatic carbocycles. The summed E-state index contributed by atoms with van der Waals surface area (Å²) in [5, 5.41) is 0. The predicted octanol–water partition coefficient (Wildman–Crippen LogP) is 5.80. The minimum atomic E-state index is 0.178. The monoisotopic (exact) mass is 341 g/mol. The van der Waals surface area contributed by atoms with Crippen molar-refractivity contribution in [1.82, 2.24) is 0 Å². The summed E-state index contributed by atoms with van der Waals surface area (Å²) in [6.07, 6.45) is 3.84. The maximum atomic E-state index is 3.66. The molecule has 0 bridgehead atoms. The molecule has 4 rings (SSSR count). The minimum absolute atomic E-state index is 0.178. The van der Waals surface area contributed by atoms with E-state index >= 15 is 0 Å². The van der Waals surface area contributed by atoms with Crippen molar-refractivity contribution in [2.45, 2.75) is 44.1 Å². The molecule has 2 heteroatoms. The number of para-hydroxylation sites is 1. The third kappa shape index (κ3) is 1.63. The van der Waals surface area contributed by atoms with Gasteiger partial charge in [-0.25, -0.2) is 0 Å². The summed E-state index contributed by atoms with van der Waals surface area (Å²) in [6, 6.07) is 17.6. The predicted molar refractivity (Wildman–Crippen MR) is 92.3 cm³/mol. The highest BCUT2D eigenvalue weighted by Crippen LogP contribution is 2.62. The zero-order valence-corrected chi connectivity index (χ0v) is 14.2. The van der Waals surface area contributed by atoms with Gasteiger partial charge in [-0.15, -0.1) is 0 Å². The highest BCUT2D eigenvalue weighted by molar-refractivity contribution is 9.10. The quantitative estimate of drug-likeness (QED) is 0.633. The lowest BCUT2D eigenvalue weighted by Gasteiger charge is -2.42. The van der Waals surface area contributed by atoms with Crippen LogP contribution in [0.2, 0.25) is 0 Å². The molecule has 2 aromatic rings. The number of benzene rings is 2. The molecule has 2 unspecified atom stereocenters. The van der Waals surface area contributed by atoms with E-state index in [1.807, 2.05) is 0 Å². The molecule has 0 saturated heterocycles. The van der Waals surface area contributed by atoms with Gasteiger partial charge in [0.05, 0.1) is 5.54 Å². The summed E-state index contributed by atoms with van der Waals surface area (Å²) in [5.41, 5.74) is 4.61. The van der Waals surface area contributed by atoms with Crippen LogP contribution in [0.15, 0.2) is 53.0 Å². The standard InChI is InChI=1S/C19H20BrN/c1-18-11-6-12-19(18,2)21(15-7-4-3-5-8-15)17-10-9-14(20)13-16(17)18/h3-5,7-10,13H,6,11-12H2,1-2H3. The Morgan fingerprint density at radius 2 is 1.76 bits per heavy atom. The zero-order valence-electron chi connectivity index (χ0n) is 12.6. The second-order valence-corrected chi connectivity index (χ2v) is 7.71. The smallest absolute Gasteiger partial charge is 0.0517 e. The number of fused-ring (bicyclic) bond motifs is 3. The van der Waals surface area contributed by atoms with Gasteiger partial charge < -0.3 is 4.90 Å². The van der Waals surface area contributed by atoms with Gasteiger partial charge in [-0.2, -0.15) is 0 Å². The highest BCUT2D eigenvalue weighted by atomic mass is 79.9. The molecule has 2 aromatic carbocycles. The molecule has 1 fully saturated rings. The van der Waals surface area contributed by atoms with Crippen molar-refractivity contribution < 1.29 is 0 Å². The Balaban J connectivity index is 1.99. The van der Waals surface area contributed by atoms with Crippen molar-refractivity contribution in [3.8, 4) is 0 Å². The topological polar surface area (TPSA) is 3.24 Å². The molecule has 1 aliphatic heterocycles. The lowest BCUT2D eigenvalue weighted by Crippen LogP contribution is -2.48. The second-order valence-electron chi connectivity index (χ2n) is 6.79. The molecule has 1 nitrogen and oxygen atoms in total. The molecular weight excluding hydrogens is 322 g/mol. The first kappa shape index (κ1) is 13.4. The zero-order chi connectivity index (χ0) is 14.7. The Bertz CT molecular complexity index is 696. The Morgan fingerprint density at radius 1 is 1.00 bits per heavy atom. The van der Waals surface area contributed by atoms with Crippen molar-refractivity contribution in [3.05, 3.63) is 58.6 Å². The average molecular weight is 342 g/mol. The molecule has 108 valence electrons. The largest absolute Gasteiger partial charge is 0.334 e. The molecule has 0 amide bonds. The summed E-state index contributed by atoms with van der Waals surface area (Å²) < 4.78 is 1.19. The van der Waals surface area contributed by atoms with E-state index in [0.29, 0.717) is 0 Å². The lowest BCUT2D eigenvalue weighted by atomic mass is 9.72. The van der Waals surface area contributed by atoms with Gasteiger partial charge in [0, 0.05) is 21.3 Å². The first-order valence-electron chi connectivity index (χ1n) is 7.72. The van der Waals surface area contributed by atoms with Crippen molar-refractivity contribution in [3.63, 3.8) is 0 Å². The lowest BCUT2D eigenvalue weighted by molar-refractivity contribution is 0.330. The summed E-state index contributed by atoms with van der Waals surface area (Å²) in [4.78, 5) is 2.59. The molecule has 1 heterocycles. The van der Waals surface area contributed by atoms with Crippen LogP contribution in [0.4, 0.5) is 11.4 Å². The van der Waals surface area contributed by atoms with Crippen LogP contribution >= 0.6 is 15.9 Å². The number of halogens is 1. The summed E-state index contributed by atoms with van der Waals surface area (Å²) in [6.45, 7) is 4.90. The van der Waals surface area contributed by atoms with Gasteiger partial charge in [0.1, 0.15) is 0 Å². The first-order chi connectivity index (χ1) is 10.1. The molecule has 0 spiro atoms. The molecule has 2 atom stereocenters. The van der Waals surface area contributed by atoms with Gasteiger partial charge in [0.2, 0.25) is 0 Å². The fourth-order valence-corrected chi connectivity index (χ4v) is 4.89. The van der Waals surface area contributed by atoms with Gasteiger partial charge in [0.15, 0.2) is 0 Å². The van der Waals surface area contributed by atoms with Crippen LogP contribution in [0.5, 0.6) is 0 Å². The Labute approximate surface area is 135 Å². The summed E-state index contributed by atoms with van der Waals surface area (Å²) in [5.74, 6) is 0. The first-order valence-corrected chi connectivity index (χ1v) is 8.51. The SMILES string of the molecule is CC12CCCC1(C)N(c1ccccc1)c1ccc(Br)cc12. The number of nitrogens with zero attached hydrogens (tertiary/aromatic N) is 1. The highest BCUT2D eigenvalue weighted by Gasteiger charge is 2.59. The van der Waals surface area contributed by atoms with E-state index in [1.54, 1.807) is 0 Å². The van der Waals surface area contributed by atoms with Gasteiger partial charge in [-0.1, -0.05) is 47.5 Å². The van der Waals surface area contributed by atoms with Crippen molar-refractivity contribution in [2.24, 2.45) is 0 Å². The number of hydrogen-bond acceptors (Lipinski definition) is 1. The van der Waals surface area contributed by atoms with E-state index in [0.717, 1.165) is 0 Å². The molecule has 0 aromatic heterocycles. The van der Waals surface area contributed by atoms with E-state index in [-0.39, 0.29) is 11.0 Å². The van der Waals surface area contributed by atoms with Crippen LogP contribution < -0.4 is 4.90 Å². The van der Waals surface area contributed by atoms with Crippen LogP contribution in [0, 0.1) is 0 Å². The number of hydrogen-bond donors (Lipinski definition) is 0. The van der Waals surface area contributed by atoms with Crippen LogP contribution in [-0.4, -0.2) is 5.54 Å². The van der Waals surface area contributed by atoms with Gasteiger partial charge in [-0.05, 0) is 55.7 Å². The van der Waals surface area contributed by atoms with Gasteiger partial charge >= 0.3 is 0 Å². The number of anilines is 2. The summed E-state index contributed by atoms with van der Waals surface area (Å²) in [7, 11) is 0. The summed E-state index contributed by atoms with van der Waals surface area (Å²) >= 11 is 3.66. The Hall–Kier alpha value is -1.28. The van der Waals surface area contributed by atoms with Crippen molar-refractivity contribution in [1.29, 1.82) is 0 Å². The van der Waals surface area contributed by atoms with E-state index in [4.69, 9.17) is 0 Å².